The third kappa shape index (κ3) is 2.54. The monoisotopic (exact) mass is 258 g/mol. The van der Waals surface area contributed by atoms with Crippen molar-refractivity contribution in [2.24, 2.45) is 0 Å². The molecule has 0 aromatic carbocycles. The molecule has 0 atom stereocenters. The van der Waals surface area contributed by atoms with Crippen molar-refractivity contribution in [2.75, 3.05) is 7.05 Å². The van der Waals surface area contributed by atoms with Crippen molar-refractivity contribution in [3.63, 3.8) is 0 Å². The van der Waals surface area contributed by atoms with Crippen molar-refractivity contribution in [3.8, 4) is 5.69 Å². The van der Waals surface area contributed by atoms with E-state index in [0.29, 0.717) is 0 Å². The maximum absolute atomic E-state index is 4.70. The van der Waals surface area contributed by atoms with E-state index in [4.69, 9.17) is 5.10 Å². The molecular formula is C15H22N4. The Bertz CT molecular complexity index is 584. The molecule has 0 fully saturated rings. The molecule has 0 radical (unpaired) electrons. The molecule has 0 aliphatic carbocycles. The van der Waals surface area contributed by atoms with E-state index in [1.54, 1.807) is 0 Å². The molecule has 4 heteroatoms. The summed E-state index contributed by atoms with van der Waals surface area (Å²) in [5.41, 5.74) is 6.99. The van der Waals surface area contributed by atoms with Crippen molar-refractivity contribution < 1.29 is 0 Å². The van der Waals surface area contributed by atoms with Gasteiger partial charge in [-0.15, -0.1) is 0 Å². The van der Waals surface area contributed by atoms with Crippen LogP contribution in [-0.4, -0.2) is 21.8 Å². The zero-order valence-electron chi connectivity index (χ0n) is 12.4. The maximum atomic E-state index is 4.70. The number of nitrogens with zero attached hydrogens (tertiary/aromatic N) is 3. The lowest BCUT2D eigenvalue weighted by Crippen LogP contribution is -2.11. The predicted octanol–water partition coefficient (Wildman–Crippen LogP) is 2.47. The minimum Gasteiger partial charge on any atom is -0.316 e. The molecule has 0 aliphatic heterocycles. The van der Waals surface area contributed by atoms with Gasteiger partial charge in [-0.3, -0.25) is 4.98 Å². The summed E-state index contributed by atoms with van der Waals surface area (Å²) in [6.07, 6.45) is 2.95. The van der Waals surface area contributed by atoms with Crippen molar-refractivity contribution >= 4 is 0 Å². The van der Waals surface area contributed by atoms with Crippen LogP contribution in [0.3, 0.4) is 0 Å². The fourth-order valence-electron chi connectivity index (χ4n) is 2.52. The van der Waals surface area contributed by atoms with Crippen molar-refractivity contribution in [2.45, 2.75) is 40.7 Å². The van der Waals surface area contributed by atoms with Gasteiger partial charge in [0, 0.05) is 29.7 Å². The minimum absolute atomic E-state index is 0.794. The third-order valence-corrected chi connectivity index (χ3v) is 3.49. The Morgan fingerprint density at radius 2 is 2.00 bits per heavy atom. The Morgan fingerprint density at radius 1 is 1.26 bits per heavy atom. The average Bonchev–Trinajstić information content (AvgIpc) is 2.67. The third-order valence-electron chi connectivity index (χ3n) is 3.49. The van der Waals surface area contributed by atoms with Crippen LogP contribution in [0.25, 0.3) is 5.69 Å². The molecule has 1 N–H and O–H groups in total. The largest absolute Gasteiger partial charge is 0.316 e. The van der Waals surface area contributed by atoms with Gasteiger partial charge in [-0.1, -0.05) is 6.92 Å². The summed E-state index contributed by atoms with van der Waals surface area (Å²) in [6.45, 7) is 9.20. The van der Waals surface area contributed by atoms with Gasteiger partial charge in [0.2, 0.25) is 0 Å². The van der Waals surface area contributed by atoms with Crippen molar-refractivity contribution in [3.05, 3.63) is 40.5 Å². The smallest absolute Gasteiger partial charge is 0.0727 e. The molecule has 102 valence electrons. The summed E-state index contributed by atoms with van der Waals surface area (Å²) >= 11 is 0. The number of rotatable bonds is 4. The highest BCUT2D eigenvalue weighted by molar-refractivity contribution is 5.43. The summed E-state index contributed by atoms with van der Waals surface area (Å²) in [5, 5.41) is 7.88. The number of hydrogen-bond donors (Lipinski definition) is 1. The molecule has 2 heterocycles. The molecule has 0 unspecified atom stereocenters. The zero-order valence-corrected chi connectivity index (χ0v) is 12.4. The van der Waals surface area contributed by atoms with Gasteiger partial charge in [-0.05, 0) is 45.9 Å². The van der Waals surface area contributed by atoms with Gasteiger partial charge < -0.3 is 5.32 Å². The summed E-state index contributed by atoms with van der Waals surface area (Å²) in [7, 11) is 1.95. The molecule has 2 aromatic heterocycles. The Balaban J connectivity index is 2.60. The van der Waals surface area contributed by atoms with Crippen LogP contribution in [0.5, 0.6) is 0 Å². The lowest BCUT2D eigenvalue weighted by Gasteiger charge is -2.12. The number of hydrogen-bond acceptors (Lipinski definition) is 3. The second kappa shape index (κ2) is 5.53. The van der Waals surface area contributed by atoms with E-state index in [1.807, 2.05) is 20.2 Å². The van der Waals surface area contributed by atoms with E-state index in [1.165, 1.54) is 16.8 Å². The topological polar surface area (TPSA) is 42.7 Å². The summed E-state index contributed by atoms with van der Waals surface area (Å²) in [5.74, 6) is 0. The number of nitrogens with one attached hydrogen (secondary N) is 1. The number of aromatic nitrogens is 3. The van der Waals surface area contributed by atoms with Gasteiger partial charge >= 0.3 is 0 Å². The van der Waals surface area contributed by atoms with Crippen LogP contribution in [0.4, 0.5) is 0 Å². The first-order valence-corrected chi connectivity index (χ1v) is 6.74. The van der Waals surface area contributed by atoms with E-state index in [9.17, 15) is 0 Å². The van der Waals surface area contributed by atoms with E-state index in [-0.39, 0.29) is 0 Å². The van der Waals surface area contributed by atoms with Crippen LogP contribution < -0.4 is 5.32 Å². The molecule has 2 aromatic rings. The zero-order chi connectivity index (χ0) is 14.0. The lowest BCUT2D eigenvalue weighted by molar-refractivity contribution is 0.767. The van der Waals surface area contributed by atoms with Crippen molar-refractivity contribution in [1.82, 2.24) is 20.1 Å². The quantitative estimate of drug-likeness (QED) is 0.916. The van der Waals surface area contributed by atoms with Crippen LogP contribution in [0.15, 0.2) is 12.3 Å². The lowest BCUT2D eigenvalue weighted by atomic mass is 10.1. The first-order valence-electron chi connectivity index (χ1n) is 6.74. The summed E-state index contributed by atoms with van der Waals surface area (Å²) < 4.78 is 2.05. The van der Waals surface area contributed by atoms with Crippen LogP contribution in [0, 0.1) is 20.8 Å². The summed E-state index contributed by atoms with van der Waals surface area (Å²) in [6, 6.07) is 2.10. The van der Waals surface area contributed by atoms with E-state index >= 15 is 0 Å². The van der Waals surface area contributed by atoms with E-state index in [2.05, 4.69) is 41.8 Å². The molecule has 19 heavy (non-hydrogen) atoms. The fraction of sp³-hybridized carbons (Fsp3) is 0.467. The van der Waals surface area contributed by atoms with Crippen LogP contribution >= 0.6 is 0 Å². The normalized spacial score (nSPS) is 11.0. The highest BCUT2D eigenvalue weighted by atomic mass is 15.3. The second-order valence-electron chi connectivity index (χ2n) is 4.90. The van der Waals surface area contributed by atoms with Gasteiger partial charge in [-0.2, -0.15) is 5.10 Å². The summed E-state index contributed by atoms with van der Waals surface area (Å²) in [4.78, 5) is 4.38. The molecule has 0 amide bonds. The highest BCUT2D eigenvalue weighted by Crippen LogP contribution is 2.21. The van der Waals surface area contributed by atoms with Gasteiger partial charge in [0.25, 0.3) is 0 Å². The Labute approximate surface area is 114 Å². The van der Waals surface area contributed by atoms with Crippen LogP contribution in [0.2, 0.25) is 0 Å². The van der Waals surface area contributed by atoms with Gasteiger partial charge in [0.15, 0.2) is 0 Å². The minimum atomic E-state index is 0.794. The van der Waals surface area contributed by atoms with Crippen LogP contribution in [-0.2, 0) is 13.0 Å². The average molecular weight is 258 g/mol. The number of aryl methyl sites for hydroxylation is 2. The SMILES string of the molecule is CCc1c(C)nn(-c2cc(C)ncc2CNC)c1C. The predicted molar refractivity (Wildman–Crippen MR) is 77.7 cm³/mol. The maximum Gasteiger partial charge on any atom is 0.0727 e. The van der Waals surface area contributed by atoms with Gasteiger partial charge in [0.05, 0.1) is 11.4 Å². The Kier molecular flexibility index (Phi) is 4.00. The fourth-order valence-corrected chi connectivity index (χ4v) is 2.52. The molecule has 0 saturated heterocycles. The Morgan fingerprint density at radius 3 is 2.58 bits per heavy atom. The molecule has 0 bridgehead atoms. The van der Waals surface area contributed by atoms with Gasteiger partial charge in [-0.25, -0.2) is 4.68 Å². The molecular weight excluding hydrogens is 236 g/mol. The Hall–Kier alpha value is -1.68. The molecule has 0 aliphatic rings. The first-order chi connectivity index (χ1) is 9.08. The van der Waals surface area contributed by atoms with E-state index in [0.717, 1.165) is 30.0 Å². The van der Waals surface area contributed by atoms with Crippen molar-refractivity contribution in [1.29, 1.82) is 0 Å². The number of pyridine rings is 1. The van der Waals surface area contributed by atoms with E-state index < -0.39 is 0 Å². The first kappa shape index (κ1) is 13.7. The molecule has 2 rings (SSSR count). The standard InChI is InChI=1S/C15H22N4/c1-6-14-11(3)18-19(12(14)4)15-7-10(2)17-9-13(15)8-16-5/h7,9,16H,6,8H2,1-5H3. The molecule has 0 spiro atoms. The second-order valence-corrected chi connectivity index (χ2v) is 4.90. The highest BCUT2D eigenvalue weighted by Gasteiger charge is 2.14. The van der Waals surface area contributed by atoms with Crippen LogP contribution in [0.1, 0.15) is 35.1 Å². The van der Waals surface area contributed by atoms with Gasteiger partial charge in [0.1, 0.15) is 0 Å². The molecule has 4 nitrogen and oxygen atoms in total. The molecule has 0 saturated carbocycles.